The second-order valence-corrected chi connectivity index (χ2v) is 4.66. The van der Waals surface area contributed by atoms with Gasteiger partial charge in [-0.15, -0.1) is 10.2 Å². The average molecular weight is 294 g/mol. The van der Waals surface area contributed by atoms with Crippen molar-refractivity contribution in [3.05, 3.63) is 40.8 Å². The summed E-state index contributed by atoms with van der Waals surface area (Å²) in [6.07, 6.45) is 3.70. The van der Waals surface area contributed by atoms with Crippen molar-refractivity contribution in [2.45, 2.75) is 19.8 Å². The minimum Gasteiger partial charge on any atom is -0.380 e. The third-order valence-electron chi connectivity index (χ3n) is 2.63. The monoisotopic (exact) mass is 293 g/mol. The first kappa shape index (κ1) is 14.3. The lowest BCUT2D eigenvalue weighted by Crippen LogP contribution is -2.16. The number of hydrogen-bond donors (Lipinski definition) is 1. The van der Waals surface area contributed by atoms with Crippen LogP contribution in [0.25, 0.3) is 0 Å². The maximum atomic E-state index is 13.0. The van der Waals surface area contributed by atoms with Crippen LogP contribution in [0.3, 0.4) is 0 Å². The third-order valence-corrected chi connectivity index (χ3v) is 2.92. The average Bonchev–Trinajstić information content (AvgIpc) is 2.42. The van der Waals surface area contributed by atoms with Gasteiger partial charge in [0.15, 0.2) is 5.84 Å². The predicted octanol–water partition coefficient (Wildman–Crippen LogP) is 3.97. The number of nitrogens with zero attached hydrogens (tertiary/aromatic N) is 4. The Balaban J connectivity index is 2.10. The van der Waals surface area contributed by atoms with E-state index >= 15 is 0 Å². The van der Waals surface area contributed by atoms with Crippen LogP contribution in [0.15, 0.2) is 50.4 Å². The van der Waals surface area contributed by atoms with E-state index in [4.69, 9.17) is 17.3 Å². The summed E-state index contributed by atoms with van der Waals surface area (Å²) in [6, 6.07) is 4.01. The van der Waals surface area contributed by atoms with Crippen molar-refractivity contribution in [3.8, 4) is 0 Å². The molecule has 1 aromatic rings. The van der Waals surface area contributed by atoms with Crippen molar-refractivity contribution in [2.24, 2.45) is 26.2 Å². The Morgan fingerprint density at radius 2 is 2.25 bits per heavy atom. The zero-order valence-corrected chi connectivity index (χ0v) is 11.6. The Labute approximate surface area is 120 Å². The van der Waals surface area contributed by atoms with Crippen molar-refractivity contribution in [1.29, 1.82) is 0 Å². The van der Waals surface area contributed by atoms with Crippen LogP contribution in [-0.4, -0.2) is 11.5 Å². The van der Waals surface area contributed by atoms with Crippen LogP contribution in [0, 0.1) is 5.82 Å². The highest BCUT2D eigenvalue weighted by atomic mass is 35.5. The molecule has 0 fully saturated rings. The zero-order valence-electron chi connectivity index (χ0n) is 10.8. The van der Waals surface area contributed by atoms with E-state index in [1.54, 1.807) is 0 Å². The predicted molar refractivity (Wildman–Crippen MR) is 78.0 cm³/mol. The lowest BCUT2D eigenvalue weighted by molar-refractivity contribution is 0.628. The highest BCUT2D eigenvalue weighted by Gasteiger charge is 2.06. The Kier molecular flexibility index (Phi) is 4.57. The molecule has 2 rings (SSSR count). The number of amidine groups is 1. The number of rotatable bonds is 3. The van der Waals surface area contributed by atoms with Gasteiger partial charge >= 0.3 is 0 Å². The van der Waals surface area contributed by atoms with E-state index in [1.165, 1.54) is 18.2 Å². The zero-order chi connectivity index (χ0) is 14.5. The molecule has 1 aliphatic rings. The Morgan fingerprint density at radius 3 is 2.95 bits per heavy atom. The summed E-state index contributed by atoms with van der Waals surface area (Å²) >= 11 is 5.63. The normalized spacial score (nSPS) is 16.2. The van der Waals surface area contributed by atoms with Gasteiger partial charge in [0.25, 0.3) is 0 Å². The van der Waals surface area contributed by atoms with Gasteiger partial charge in [-0.2, -0.15) is 0 Å². The topological polar surface area (TPSA) is 75.5 Å². The molecule has 1 aromatic carbocycles. The number of allylic oxidation sites excluding steroid dienone is 1. The summed E-state index contributed by atoms with van der Waals surface area (Å²) < 4.78 is 13.0. The summed E-state index contributed by atoms with van der Waals surface area (Å²) in [7, 11) is 0. The maximum absolute atomic E-state index is 13.0. The largest absolute Gasteiger partial charge is 0.380 e. The molecule has 0 saturated heterocycles. The van der Waals surface area contributed by atoms with E-state index in [1.807, 2.05) is 13.0 Å². The van der Waals surface area contributed by atoms with Gasteiger partial charge < -0.3 is 5.73 Å². The van der Waals surface area contributed by atoms with E-state index in [2.05, 4.69) is 20.4 Å². The van der Waals surface area contributed by atoms with Gasteiger partial charge in [-0.05, 0) is 43.2 Å². The van der Waals surface area contributed by atoms with Gasteiger partial charge in [-0.25, -0.2) is 4.39 Å². The molecule has 0 atom stereocenters. The fourth-order valence-corrected chi connectivity index (χ4v) is 1.78. The van der Waals surface area contributed by atoms with E-state index in [-0.39, 0.29) is 10.9 Å². The number of benzene rings is 1. The van der Waals surface area contributed by atoms with Gasteiger partial charge in [0.05, 0.1) is 10.7 Å². The van der Waals surface area contributed by atoms with Crippen molar-refractivity contribution in [1.82, 2.24) is 0 Å². The second-order valence-electron chi connectivity index (χ2n) is 4.25. The summed E-state index contributed by atoms with van der Waals surface area (Å²) in [4.78, 5) is 4.28. The van der Waals surface area contributed by atoms with E-state index in [9.17, 15) is 4.39 Å². The molecule has 1 heterocycles. The first-order chi connectivity index (χ1) is 9.56. The number of halogens is 2. The Morgan fingerprint density at radius 1 is 1.45 bits per heavy atom. The Hall–Kier alpha value is -2.08. The molecule has 5 nitrogen and oxygen atoms in total. The van der Waals surface area contributed by atoms with Gasteiger partial charge in [-0.1, -0.05) is 17.7 Å². The minimum atomic E-state index is -0.509. The first-order valence-electron chi connectivity index (χ1n) is 6.00. The number of hydrogen-bond acceptors (Lipinski definition) is 3. The fraction of sp³-hybridized carbons (Fsp3) is 0.231. The molecule has 20 heavy (non-hydrogen) atoms. The molecular formula is C13H13ClFN5. The molecule has 7 heteroatoms. The van der Waals surface area contributed by atoms with E-state index in [0.29, 0.717) is 11.4 Å². The third kappa shape index (κ3) is 3.71. The van der Waals surface area contributed by atoms with Gasteiger partial charge in [-0.3, -0.25) is 4.99 Å². The lowest BCUT2D eigenvalue weighted by Gasteiger charge is -2.07. The molecule has 0 amide bonds. The van der Waals surface area contributed by atoms with Crippen molar-refractivity contribution < 1.29 is 4.39 Å². The molecule has 0 bridgehead atoms. The standard InChI is InChI=1S/C13H13ClFN5/c1-8-3-2-4-12(17-8)13(16)19-20-18-9-5-6-11(15)10(14)7-9/h4-7H,2-3H2,1H3,(H2,16,18,19). The molecule has 0 radical (unpaired) electrons. The smallest absolute Gasteiger partial charge is 0.173 e. The van der Waals surface area contributed by atoms with Crippen LogP contribution >= 0.6 is 11.6 Å². The van der Waals surface area contributed by atoms with Gasteiger partial charge in [0.2, 0.25) is 0 Å². The van der Waals surface area contributed by atoms with Crippen LogP contribution in [0.2, 0.25) is 5.02 Å². The number of aliphatic imine (C=N–C) groups is 1. The summed E-state index contributed by atoms with van der Waals surface area (Å²) in [5.74, 6) is -0.313. The first-order valence-corrected chi connectivity index (χ1v) is 6.38. The van der Waals surface area contributed by atoms with Crippen LogP contribution < -0.4 is 5.73 Å². The van der Waals surface area contributed by atoms with Gasteiger partial charge in [0.1, 0.15) is 11.5 Å². The second kappa shape index (κ2) is 6.38. The van der Waals surface area contributed by atoms with E-state index < -0.39 is 5.82 Å². The summed E-state index contributed by atoms with van der Waals surface area (Å²) in [6.45, 7) is 1.93. The highest BCUT2D eigenvalue weighted by molar-refractivity contribution is 6.31. The molecule has 2 N–H and O–H groups in total. The quantitative estimate of drug-likeness (QED) is 0.389. The molecule has 0 aromatic heterocycles. The Bertz CT molecular complexity index is 634. The fourth-order valence-electron chi connectivity index (χ4n) is 1.61. The molecule has 104 valence electrons. The number of nitrogens with two attached hydrogens (primary N) is 1. The molecule has 0 saturated carbocycles. The highest BCUT2D eigenvalue weighted by Crippen LogP contribution is 2.21. The minimum absolute atomic E-state index is 0.0198. The lowest BCUT2D eigenvalue weighted by atomic mass is 10.1. The van der Waals surface area contributed by atoms with Crippen LogP contribution in [0.5, 0.6) is 0 Å². The molecule has 0 aliphatic carbocycles. The molecule has 1 aliphatic heterocycles. The summed E-state index contributed by atoms with van der Waals surface area (Å²) in [5, 5.41) is 11.2. The molecular weight excluding hydrogens is 281 g/mol. The molecule has 0 unspecified atom stereocenters. The van der Waals surface area contributed by atoms with E-state index in [0.717, 1.165) is 18.6 Å². The van der Waals surface area contributed by atoms with Crippen LogP contribution in [0.1, 0.15) is 19.8 Å². The van der Waals surface area contributed by atoms with Crippen molar-refractivity contribution in [3.63, 3.8) is 0 Å². The SMILES string of the molecule is CC1=NC(/C(N)=N/N=Nc2ccc(F)c(Cl)c2)=CCC1. The van der Waals surface area contributed by atoms with Crippen LogP contribution in [-0.2, 0) is 0 Å². The van der Waals surface area contributed by atoms with Crippen molar-refractivity contribution in [2.75, 3.05) is 0 Å². The summed E-state index contributed by atoms with van der Waals surface area (Å²) in [5.41, 5.74) is 7.76. The van der Waals surface area contributed by atoms with Crippen molar-refractivity contribution >= 4 is 28.8 Å². The molecule has 0 spiro atoms. The van der Waals surface area contributed by atoms with Crippen LogP contribution in [0.4, 0.5) is 10.1 Å². The van der Waals surface area contributed by atoms with Gasteiger partial charge in [0, 0.05) is 5.71 Å². The maximum Gasteiger partial charge on any atom is 0.173 e.